The Hall–Kier alpha value is -4.54. The number of nitrogen functional groups attached to an aromatic ring is 1. The number of carbonyl (C=O) groups excluding carboxylic acids is 3. The standard InChI is InChI=1S/C27H37F2N11O4/c1-2-3-4-18(5-6-31-17-41)24(43)32-16-20(42)38-7-9-39(10-8-38)26-35-23(19-15-33-25(30)34-21(19)22(28)29)36-27(37-26)40-11-13-44-14-12-40/h2,15,17-18,22H,1,3-14,16H2,(H,31,41)(H,32,43)(H2,30,33,34). The number of aromatic nitrogens is 5. The van der Waals surface area contributed by atoms with Gasteiger partial charge in [-0.3, -0.25) is 14.4 Å². The molecule has 0 saturated carbocycles. The van der Waals surface area contributed by atoms with Gasteiger partial charge in [-0.15, -0.1) is 6.58 Å². The van der Waals surface area contributed by atoms with Gasteiger partial charge in [-0.05, 0) is 19.3 Å². The molecule has 2 aliphatic rings. The molecule has 2 aromatic heterocycles. The van der Waals surface area contributed by atoms with E-state index in [0.29, 0.717) is 90.6 Å². The second kappa shape index (κ2) is 15.8. The van der Waals surface area contributed by atoms with Crippen LogP contribution in [-0.2, 0) is 19.1 Å². The van der Waals surface area contributed by atoms with Crippen molar-refractivity contribution in [1.29, 1.82) is 0 Å². The molecule has 238 valence electrons. The Labute approximate surface area is 253 Å². The van der Waals surface area contributed by atoms with Crippen molar-refractivity contribution >= 4 is 36.1 Å². The molecule has 0 aromatic carbocycles. The lowest BCUT2D eigenvalue weighted by molar-refractivity contribution is -0.134. The number of nitrogens with zero attached hydrogens (tertiary/aromatic N) is 8. The van der Waals surface area contributed by atoms with Gasteiger partial charge in [0.1, 0.15) is 5.69 Å². The first-order valence-corrected chi connectivity index (χ1v) is 14.4. The summed E-state index contributed by atoms with van der Waals surface area (Å²) in [5.74, 6) is -0.579. The summed E-state index contributed by atoms with van der Waals surface area (Å²) >= 11 is 0. The average molecular weight is 618 g/mol. The molecular formula is C27H37F2N11O4. The van der Waals surface area contributed by atoms with Crippen LogP contribution in [0.5, 0.6) is 0 Å². The fourth-order valence-electron chi connectivity index (χ4n) is 4.89. The van der Waals surface area contributed by atoms with Gasteiger partial charge in [0.2, 0.25) is 36.1 Å². The van der Waals surface area contributed by atoms with Gasteiger partial charge in [0.15, 0.2) is 5.82 Å². The van der Waals surface area contributed by atoms with Gasteiger partial charge < -0.3 is 35.8 Å². The minimum atomic E-state index is -2.93. The minimum Gasteiger partial charge on any atom is -0.378 e. The number of anilines is 3. The monoisotopic (exact) mass is 617 g/mol. The average Bonchev–Trinajstić information content (AvgIpc) is 3.05. The van der Waals surface area contributed by atoms with Crippen molar-refractivity contribution in [2.75, 3.05) is 81.1 Å². The largest absolute Gasteiger partial charge is 0.378 e. The highest BCUT2D eigenvalue weighted by Gasteiger charge is 2.28. The van der Waals surface area contributed by atoms with Gasteiger partial charge in [-0.2, -0.15) is 15.0 Å². The van der Waals surface area contributed by atoms with Gasteiger partial charge in [0.05, 0.1) is 25.3 Å². The first kappa shape index (κ1) is 32.4. The van der Waals surface area contributed by atoms with E-state index in [-0.39, 0.29) is 47.6 Å². The summed E-state index contributed by atoms with van der Waals surface area (Å²) in [4.78, 5) is 62.8. The van der Waals surface area contributed by atoms with Crippen LogP contribution >= 0.6 is 0 Å². The summed E-state index contributed by atoms with van der Waals surface area (Å²) in [6.07, 6.45) is 2.20. The van der Waals surface area contributed by atoms with Crippen LogP contribution < -0.4 is 26.2 Å². The minimum absolute atomic E-state index is 0.0117. The Morgan fingerprint density at radius 1 is 1.02 bits per heavy atom. The Balaban J connectivity index is 1.44. The fraction of sp³-hybridized carbons (Fsp3) is 0.556. The maximum absolute atomic E-state index is 13.9. The van der Waals surface area contributed by atoms with Crippen LogP contribution in [0.4, 0.5) is 26.6 Å². The van der Waals surface area contributed by atoms with Crippen molar-refractivity contribution < 1.29 is 27.9 Å². The van der Waals surface area contributed by atoms with Crippen molar-refractivity contribution in [2.24, 2.45) is 5.92 Å². The normalized spacial score (nSPS) is 16.0. The van der Waals surface area contributed by atoms with Crippen molar-refractivity contribution in [3.05, 3.63) is 24.5 Å². The maximum Gasteiger partial charge on any atom is 0.281 e. The lowest BCUT2D eigenvalue weighted by Gasteiger charge is -2.35. The number of nitrogens with one attached hydrogen (secondary N) is 2. The fourth-order valence-corrected chi connectivity index (χ4v) is 4.89. The number of amides is 3. The smallest absolute Gasteiger partial charge is 0.281 e. The van der Waals surface area contributed by atoms with Crippen LogP contribution in [0.1, 0.15) is 31.4 Å². The lowest BCUT2D eigenvalue weighted by Crippen LogP contribution is -2.52. The third kappa shape index (κ3) is 8.52. The molecule has 4 rings (SSSR count). The maximum atomic E-state index is 13.9. The zero-order valence-electron chi connectivity index (χ0n) is 24.3. The summed E-state index contributed by atoms with van der Waals surface area (Å²) in [6, 6.07) is 0. The number of halogens is 2. The van der Waals surface area contributed by atoms with Crippen molar-refractivity contribution in [1.82, 2.24) is 40.5 Å². The van der Waals surface area contributed by atoms with Gasteiger partial charge in [0.25, 0.3) is 6.43 Å². The molecule has 4 heterocycles. The van der Waals surface area contributed by atoms with E-state index >= 15 is 0 Å². The van der Waals surface area contributed by atoms with Gasteiger partial charge in [0, 0.05) is 57.9 Å². The Kier molecular flexibility index (Phi) is 11.6. The summed E-state index contributed by atoms with van der Waals surface area (Å²) in [7, 11) is 0. The highest BCUT2D eigenvalue weighted by molar-refractivity contribution is 5.86. The molecule has 4 N–H and O–H groups in total. The highest BCUT2D eigenvalue weighted by Crippen LogP contribution is 2.30. The van der Waals surface area contributed by atoms with E-state index < -0.39 is 12.1 Å². The molecule has 0 bridgehead atoms. The number of nitrogens with two attached hydrogens (primary N) is 1. The number of ether oxygens (including phenoxy) is 1. The molecule has 2 aromatic rings. The number of hydrogen-bond donors (Lipinski definition) is 3. The van der Waals surface area contributed by atoms with E-state index in [9.17, 15) is 23.2 Å². The number of morpholine rings is 1. The summed E-state index contributed by atoms with van der Waals surface area (Å²) in [6.45, 7) is 7.24. The van der Waals surface area contributed by atoms with Crippen molar-refractivity contribution in [3.8, 4) is 11.4 Å². The number of rotatable bonds is 14. The highest BCUT2D eigenvalue weighted by atomic mass is 19.3. The van der Waals surface area contributed by atoms with E-state index in [1.807, 2.05) is 9.80 Å². The molecule has 0 aliphatic carbocycles. The first-order valence-electron chi connectivity index (χ1n) is 14.4. The molecule has 44 heavy (non-hydrogen) atoms. The predicted molar refractivity (Wildman–Crippen MR) is 157 cm³/mol. The molecule has 17 heteroatoms. The van der Waals surface area contributed by atoms with E-state index in [0.717, 1.165) is 0 Å². The molecule has 15 nitrogen and oxygen atoms in total. The van der Waals surface area contributed by atoms with Crippen molar-refractivity contribution in [2.45, 2.75) is 25.7 Å². The Morgan fingerprint density at radius 2 is 1.70 bits per heavy atom. The lowest BCUT2D eigenvalue weighted by atomic mass is 9.98. The molecule has 2 saturated heterocycles. The number of carbonyl (C=O) groups is 3. The third-order valence-electron chi connectivity index (χ3n) is 7.33. The Bertz CT molecular complexity index is 1300. The summed E-state index contributed by atoms with van der Waals surface area (Å²) < 4.78 is 33.2. The molecule has 1 unspecified atom stereocenters. The summed E-state index contributed by atoms with van der Waals surface area (Å²) in [5.41, 5.74) is 4.93. The molecule has 2 aliphatic heterocycles. The van der Waals surface area contributed by atoms with Gasteiger partial charge >= 0.3 is 0 Å². The zero-order valence-corrected chi connectivity index (χ0v) is 24.3. The Morgan fingerprint density at radius 3 is 2.34 bits per heavy atom. The van der Waals surface area contributed by atoms with Gasteiger partial charge in [-0.1, -0.05) is 6.08 Å². The quantitative estimate of drug-likeness (QED) is 0.149. The van der Waals surface area contributed by atoms with Crippen LogP contribution in [0.25, 0.3) is 11.4 Å². The van der Waals surface area contributed by atoms with Crippen LogP contribution in [0, 0.1) is 5.92 Å². The SMILES string of the molecule is C=CCCC(CCNC=O)C(=O)NCC(=O)N1CCN(c2nc(-c3cnc(N)nc3C(F)F)nc(N3CCOCC3)n2)CC1. The topological polar surface area (TPSA) is 185 Å². The van der Waals surface area contributed by atoms with Crippen LogP contribution in [0.3, 0.4) is 0 Å². The zero-order chi connectivity index (χ0) is 31.5. The van der Waals surface area contributed by atoms with E-state index in [4.69, 9.17) is 10.5 Å². The molecule has 2 fully saturated rings. The van der Waals surface area contributed by atoms with Crippen molar-refractivity contribution in [3.63, 3.8) is 0 Å². The number of alkyl halides is 2. The van der Waals surface area contributed by atoms with Gasteiger partial charge in [-0.25, -0.2) is 18.7 Å². The number of allylic oxidation sites excluding steroid dienone is 1. The summed E-state index contributed by atoms with van der Waals surface area (Å²) in [5, 5.41) is 5.28. The molecule has 0 radical (unpaired) electrons. The van der Waals surface area contributed by atoms with Crippen LogP contribution in [-0.4, -0.2) is 114 Å². The van der Waals surface area contributed by atoms with Crippen LogP contribution in [0.15, 0.2) is 18.9 Å². The number of hydrogen-bond acceptors (Lipinski definition) is 12. The van der Waals surface area contributed by atoms with E-state index in [1.165, 1.54) is 6.20 Å². The predicted octanol–water partition coefficient (Wildman–Crippen LogP) is 0.168. The molecule has 0 spiro atoms. The van der Waals surface area contributed by atoms with E-state index in [2.05, 4.69) is 42.1 Å². The van der Waals surface area contributed by atoms with E-state index in [1.54, 1.807) is 11.0 Å². The third-order valence-corrected chi connectivity index (χ3v) is 7.33. The second-order valence-corrected chi connectivity index (χ2v) is 10.2. The first-order chi connectivity index (χ1) is 21.3. The van der Waals surface area contributed by atoms with Crippen LogP contribution in [0.2, 0.25) is 0 Å². The number of piperazine rings is 1. The second-order valence-electron chi connectivity index (χ2n) is 10.2. The molecular weight excluding hydrogens is 580 g/mol. The molecule has 1 atom stereocenters. The molecule has 3 amide bonds.